The minimum atomic E-state index is -2.73. The number of carbonyl (C=O) groups excluding carboxylic acids is 1. The summed E-state index contributed by atoms with van der Waals surface area (Å²) >= 11 is 0. The van der Waals surface area contributed by atoms with Gasteiger partial charge in [0.25, 0.3) is 5.91 Å². The Labute approximate surface area is 195 Å². The van der Waals surface area contributed by atoms with Gasteiger partial charge in [-0.25, -0.2) is 4.39 Å². The Morgan fingerprint density at radius 2 is 1.82 bits per heavy atom. The molecule has 33 heavy (non-hydrogen) atoms. The number of benzene rings is 3. The molecule has 1 atom stereocenters. The topological polar surface area (TPSA) is 46.6 Å². The standard InChI is InChI=1S/C27H28FNO3S/c1-5-22-23(11-13-25(26(22)28)33(3,4)31)27(30)29-14-15-32-24-12-10-20(16-21(24)17-29)19-8-6-18(2)7-9-19/h6-13,16H,3,5,14-15,17H2,1-2,4H3. The molecule has 3 aromatic carbocycles. The first-order chi connectivity index (χ1) is 15.7. The van der Waals surface area contributed by atoms with Gasteiger partial charge in [0.15, 0.2) is 0 Å². The molecule has 0 radical (unpaired) electrons. The number of amides is 1. The van der Waals surface area contributed by atoms with E-state index in [1.807, 2.05) is 25.1 Å². The zero-order valence-corrected chi connectivity index (χ0v) is 20.0. The van der Waals surface area contributed by atoms with Crippen molar-refractivity contribution < 1.29 is 18.1 Å². The molecule has 0 spiro atoms. The number of hydrogen-bond acceptors (Lipinski definition) is 3. The summed E-state index contributed by atoms with van der Waals surface area (Å²) in [5, 5.41) is 0. The third-order valence-electron chi connectivity index (χ3n) is 5.97. The van der Waals surface area contributed by atoms with Crippen LogP contribution in [0.3, 0.4) is 0 Å². The van der Waals surface area contributed by atoms with Crippen LogP contribution in [0, 0.1) is 12.7 Å². The van der Waals surface area contributed by atoms with E-state index in [0.717, 1.165) is 22.4 Å². The van der Waals surface area contributed by atoms with Crippen molar-refractivity contribution in [3.05, 3.63) is 82.7 Å². The van der Waals surface area contributed by atoms with E-state index in [-0.39, 0.29) is 16.4 Å². The van der Waals surface area contributed by atoms with Crippen LogP contribution in [0.2, 0.25) is 0 Å². The zero-order valence-electron chi connectivity index (χ0n) is 19.2. The van der Waals surface area contributed by atoms with E-state index in [1.54, 1.807) is 17.9 Å². The maximum Gasteiger partial charge on any atom is 0.254 e. The van der Waals surface area contributed by atoms with Gasteiger partial charge in [0.1, 0.15) is 18.2 Å². The van der Waals surface area contributed by atoms with Gasteiger partial charge in [-0.1, -0.05) is 42.8 Å². The van der Waals surface area contributed by atoms with Crippen LogP contribution in [0.5, 0.6) is 5.75 Å². The highest BCUT2D eigenvalue weighted by molar-refractivity contribution is 7.99. The Hall–Kier alpha value is -3.12. The second-order valence-electron chi connectivity index (χ2n) is 8.53. The Balaban J connectivity index is 1.68. The molecule has 0 saturated carbocycles. The number of ether oxygens (including phenoxy) is 1. The van der Waals surface area contributed by atoms with Crippen LogP contribution in [-0.4, -0.2) is 40.3 Å². The SMILES string of the molecule is C=S(C)(=O)c1ccc(C(=O)N2CCOc3ccc(-c4ccc(C)cc4)cc3C2)c(CC)c1F. The quantitative estimate of drug-likeness (QED) is 0.504. The molecule has 0 fully saturated rings. The van der Waals surface area contributed by atoms with Crippen molar-refractivity contribution in [2.75, 3.05) is 19.4 Å². The molecule has 1 amide bonds. The van der Waals surface area contributed by atoms with E-state index in [2.05, 4.69) is 30.1 Å². The summed E-state index contributed by atoms with van der Waals surface area (Å²) in [5.41, 5.74) is 4.80. The van der Waals surface area contributed by atoms with Crippen LogP contribution < -0.4 is 4.74 Å². The van der Waals surface area contributed by atoms with Crippen molar-refractivity contribution in [3.63, 3.8) is 0 Å². The van der Waals surface area contributed by atoms with E-state index in [4.69, 9.17) is 4.74 Å². The van der Waals surface area contributed by atoms with Crippen molar-refractivity contribution in [1.29, 1.82) is 0 Å². The fraction of sp³-hybridized carbons (Fsp3) is 0.259. The van der Waals surface area contributed by atoms with Crippen molar-refractivity contribution in [1.82, 2.24) is 4.90 Å². The summed E-state index contributed by atoms with van der Waals surface area (Å²) < 4.78 is 33.4. The van der Waals surface area contributed by atoms with Gasteiger partial charge in [-0.15, -0.1) is 0 Å². The number of rotatable bonds is 4. The first-order valence-corrected chi connectivity index (χ1v) is 13.1. The molecule has 0 bridgehead atoms. The summed E-state index contributed by atoms with van der Waals surface area (Å²) in [6.07, 6.45) is 1.72. The van der Waals surface area contributed by atoms with Gasteiger partial charge < -0.3 is 9.64 Å². The second kappa shape index (κ2) is 9.02. The lowest BCUT2D eigenvalue weighted by atomic mass is 10.0. The highest BCUT2D eigenvalue weighted by atomic mass is 32.2. The fourth-order valence-electron chi connectivity index (χ4n) is 4.14. The Bertz CT molecular complexity index is 1310. The van der Waals surface area contributed by atoms with Crippen LogP contribution >= 0.6 is 0 Å². The molecule has 172 valence electrons. The van der Waals surface area contributed by atoms with Gasteiger partial charge in [0.2, 0.25) is 0 Å². The van der Waals surface area contributed by atoms with Crippen molar-refractivity contribution in [2.45, 2.75) is 31.7 Å². The lowest BCUT2D eigenvalue weighted by Crippen LogP contribution is -2.33. The lowest BCUT2D eigenvalue weighted by molar-refractivity contribution is 0.0731. The zero-order chi connectivity index (χ0) is 23.8. The number of fused-ring (bicyclic) bond motifs is 1. The second-order valence-corrected chi connectivity index (χ2v) is 11.0. The molecule has 1 aliphatic heterocycles. The molecule has 4 rings (SSSR count). The molecule has 0 saturated heterocycles. The Kier molecular flexibility index (Phi) is 6.30. The smallest absolute Gasteiger partial charge is 0.254 e. The molecular weight excluding hydrogens is 437 g/mol. The largest absolute Gasteiger partial charge is 0.491 e. The first-order valence-electron chi connectivity index (χ1n) is 10.9. The van der Waals surface area contributed by atoms with Crippen molar-refractivity contribution in [3.8, 4) is 16.9 Å². The molecule has 0 N–H and O–H groups in total. The van der Waals surface area contributed by atoms with Gasteiger partial charge in [-0.05, 0) is 64.1 Å². The van der Waals surface area contributed by atoms with Crippen molar-refractivity contribution in [2.24, 2.45) is 0 Å². The van der Waals surface area contributed by atoms with Crippen LogP contribution in [-0.2, 0) is 22.5 Å². The highest BCUT2D eigenvalue weighted by Gasteiger charge is 2.26. The molecule has 1 unspecified atom stereocenters. The first kappa shape index (κ1) is 23.1. The summed E-state index contributed by atoms with van der Waals surface area (Å²) in [6.45, 7) is 4.94. The van der Waals surface area contributed by atoms with Crippen LogP contribution in [0.1, 0.15) is 34.0 Å². The van der Waals surface area contributed by atoms with Gasteiger partial charge in [-0.3, -0.25) is 9.00 Å². The van der Waals surface area contributed by atoms with Crippen LogP contribution in [0.25, 0.3) is 11.1 Å². The molecular formula is C27H28FNO3S. The predicted molar refractivity (Wildman–Crippen MR) is 132 cm³/mol. The Morgan fingerprint density at radius 3 is 2.48 bits per heavy atom. The molecule has 6 heteroatoms. The number of carbonyl (C=O) groups is 1. The highest BCUT2D eigenvalue weighted by Crippen LogP contribution is 2.31. The third-order valence-corrected chi connectivity index (χ3v) is 7.22. The molecule has 1 heterocycles. The fourth-order valence-corrected chi connectivity index (χ4v) is 5.00. The van der Waals surface area contributed by atoms with E-state index in [1.165, 1.54) is 17.9 Å². The van der Waals surface area contributed by atoms with Crippen molar-refractivity contribution >= 4 is 21.3 Å². The summed E-state index contributed by atoms with van der Waals surface area (Å²) in [7, 11) is -2.73. The molecule has 4 nitrogen and oxygen atoms in total. The third kappa shape index (κ3) is 4.67. The van der Waals surface area contributed by atoms with Gasteiger partial charge in [-0.2, -0.15) is 0 Å². The molecule has 0 aliphatic carbocycles. The van der Waals surface area contributed by atoms with Crippen LogP contribution in [0.4, 0.5) is 4.39 Å². The number of halogens is 1. The maximum absolute atomic E-state index is 15.1. The average Bonchev–Trinajstić information content (AvgIpc) is 3.00. The monoisotopic (exact) mass is 465 g/mol. The summed E-state index contributed by atoms with van der Waals surface area (Å²) in [4.78, 5) is 15.2. The summed E-state index contributed by atoms with van der Waals surface area (Å²) in [6, 6.07) is 17.3. The summed E-state index contributed by atoms with van der Waals surface area (Å²) in [5.74, 6) is 3.48. The normalized spacial score (nSPS) is 15.2. The minimum Gasteiger partial charge on any atom is -0.491 e. The van der Waals surface area contributed by atoms with Gasteiger partial charge >= 0.3 is 0 Å². The average molecular weight is 466 g/mol. The van der Waals surface area contributed by atoms with E-state index in [9.17, 15) is 9.00 Å². The van der Waals surface area contributed by atoms with Gasteiger partial charge in [0.05, 0.1) is 11.4 Å². The Morgan fingerprint density at radius 1 is 1.12 bits per heavy atom. The van der Waals surface area contributed by atoms with Crippen LogP contribution in [0.15, 0.2) is 59.5 Å². The molecule has 3 aromatic rings. The van der Waals surface area contributed by atoms with E-state index < -0.39 is 15.3 Å². The van der Waals surface area contributed by atoms with E-state index in [0.29, 0.717) is 31.7 Å². The number of hydrogen-bond donors (Lipinski definition) is 0. The maximum atomic E-state index is 15.1. The number of nitrogens with zero attached hydrogens (tertiary/aromatic N) is 1. The number of aryl methyl sites for hydroxylation is 1. The predicted octanol–water partition coefficient (Wildman–Crippen LogP) is 5.10. The molecule has 1 aliphatic rings. The minimum absolute atomic E-state index is 0.0585. The van der Waals surface area contributed by atoms with Gasteiger partial charge in [0, 0.05) is 29.5 Å². The van der Waals surface area contributed by atoms with E-state index >= 15 is 4.39 Å². The molecule has 0 aromatic heterocycles. The lowest BCUT2D eigenvalue weighted by Gasteiger charge is -2.22.